The van der Waals surface area contributed by atoms with Gasteiger partial charge in [0.25, 0.3) is 0 Å². The molecule has 1 aromatic rings. The van der Waals surface area contributed by atoms with Crippen LogP contribution in [0.5, 0.6) is 11.5 Å². The van der Waals surface area contributed by atoms with Crippen LogP contribution in [-0.4, -0.2) is 49.5 Å². The van der Waals surface area contributed by atoms with E-state index >= 15 is 0 Å². The summed E-state index contributed by atoms with van der Waals surface area (Å²) in [6.07, 6.45) is 5.44. The van der Waals surface area contributed by atoms with Crippen LogP contribution < -0.4 is 33.5 Å². The van der Waals surface area contributed by atoms with E-state index in [0.29, 0.717) is 6.42 Å². The van der Waals surface area contributed by atoms with E-state index in [2.05, 4.69) is 26.2 Å². The Hall–Kier alpha value is -0.790. The average molecular weight is 429 g/mol. The maximum Gasteiger partial charge on any atom is 0.166 e. The number of nitrogens with zero attached hydrogens (tertiary/aromatic N) is 1. The lowest BCUT2D eigenvalue weighted by Crippen LogP contribution is -3.00. The molecule has 0 amide bonds. The van der Waals surface area contributed by atoms with E-state index in [0.717, 1.165) is 35.5 Å². The van der Waals surface area contributed by atoms with Crippen LogP contribution in [0.15, 0.2) is 24.3 Å². The summed E-state index contributed by atoms with van der Waals surface area (Å²) in [4.78, 5) is 0. The molecule has 3 unspecified atom stereocenters. The van der Waals surface area contributed by atoms with E-state index < -0.39 is 6.10 Å². The van der Waals surface area contributed by atoms with Gasteiger partial charge in [0, 0.05) is 24.0 Å². The molecule has 1 aliphatic carbocycles. The fraction of sp³-hybridized carbons (Fsp3) is 0.556. The number of ether oxygens (including phenoxy) is 2. The number of aliphatic hydroxyl groups excluding tert-OH is 1. The third-order valence-corrected chi connectivity index (χ3v) is 5.53. The van der Waals surface area contributed by atoms with E-state index in [9.17, 15) is 5.11 Å². The van der Waals surface area contributed by atoms with Gasteiger partial charge in [0.2, 0.25) is 0 Å². The molecule has 3 atom stereocenters. The first-order valence-electron chi connectivity index (χ1n) is 8.02. The number of rotatable bonds is 1. The zero-order valence-corrected chi connectivity index (χ0v) is 16.0. The fourth-order valence-electron chi connectivity index (χ4n) is 4.36. The van der Waals surface area contributed by atoms with Crippen LogP contribution in [-0.2, 0) is 12.0 Å². The van der Waals surface area contributed by atoms with Gasteiger partial charge in [0.15, 0.2) is 11.5 Å². The monoisotopic (exact) mass is 429 g/mol. The van der Waals surface area contributed by atoms with E-state index in [4.69, 9.17) is 9.47 Å². The number of hydrogen-bond donors (Lipinski definition) is 1. The Labute approximate surface area is 154 Å². The summed E-state index contributed by atoms with van der Waals surface area (Å²) >= 11 is 0. The first kappa shape index (κ1) is 17.0. The topological polar surface area (TPSA) is 38.7 Å². The summed E-state index contributed by atoms with van der Waals surface area (Å²) in [6.45, 7) is 2.09. The smallest absolute Gasteiger partial charge is 0.166 e. The Bertz CT molecular complexity index is 658. The fourth-order valence-corrected chi connectivity index (χ4v) is 4.36. The minimum Gasteiger partial charge on any atom is -1.00 e. The molecule has 0 fully saturated rings. The molecule has 0 saturated heterocycles. The Morgan fingerprint density at radius 2 is 2.13 bits per heavy atom. The largest absolute Gasteiger partial charge is 1.00 e. The molecular weight excluding hydrogens is 405 g/mol. The van der Waals surface area contributed by atoms with Crippen LogP contribution in [0.4, 0.5) is 0 Å². The van der Waals surface area contributed by atoms with Crippen LogP contribution in [0.2, 0.25) is 0 Å². The van der Waals surface area contributed by atoms with Crippen molar-refractivity contribution in [2.24, 2.45) is 0 Å². The Balaban J connectivity index is 0.00000156. The van der Waals surface area contributed by atoms with Crippen molar-refractivity contribution in [1.29, 1.82) is 0 Å². The molecule has 1 N–H and O–H groups in total. The molecule has 5 heteroatoms. The highest BCUT2D eigenvalue weighted by molar-refractivity contribution is 5.60. The Kier molecular flexibility index (Phi) is 4.18. The van der Waals surface area contributed by atoms with Gasteiger partial charge in [-0.1, -0.05) is 12.2 Å². The number of benzene rings is 1. The summed E-state index contributed by atoms with van der Waals surface area (Å²) in [5, 5.41) is 10.0. The van der Waals surface area contributed by atoms with Crippen molar-refractivity contribution in [2.45, 2.75) is 37.0 Å². The van der Waals surface area contributed by atoms with Crippen LogP contribution in [0, 0.1) is 0 Å². The van der Waals surface area contributed by atoms with Gasteiger partial charge in [0.1, 0.15) is 12.6 Å². The van der Waals surface area contributed by atoms with Crippen molar-refractivity contribution in [3.63, 3.8) is 0 Å². The second kappa shape index (κ2) is 5.63. The molecule has 0 saturated carbocycles. The van der Waals surface area contributed by atoms with Crippen molar-refractivity contribution >= 4 is 0 Å². The standard InChI is InChI=1S/C18H24NO3.HI/c1-19(2)9-8-18-7-6-13(20)10-15(18)22-17-14(21-3)5-4-12(11-19)16(17)18;/h4-7,13,15,20H,8-11H2,1-3H3;1H/q+1;/p-1. The molecule has 3 aliphatic rings. The van der Waals surface area contributed by atoms with Crippen molar-refractivity contribution in [3.8, 4) is 11.5 Å². The molecule has 1 aromatic carbocycles. The minimum atomic E-state index is -0.412. The lowest BCUT2D eigenvalue weighted by atomic mass is 9.69. The SMILES string of the molecule is COc1ccc2c3c1OC1CC(O)C=CC31CC[N+](C)(C)C2.[I-]. The van der Waals surface area contributed by atoms with Gasteiger partial charge in [0.05, 0.1) is 39.3 Å². The maximum atomic E-state index is 10.0. The second-order valence-electron chi connectivity index (χ2n) is 7.51. The summed E-state index contributed by atoms with van der Waals surface area (Å²) in [5.74, 6) is 1.70. The van der Waals surface area contributed by atoms with Crippen molar-refractivity contribution in [2.75, 3.05) is 27.7 Å². The molecule has 126 valence electrons. The first-order valence-corrected chi connectivity index (χ1v) is 8.02. The third-order valence-electron chi connectivity index (χ3n) is 5.53. The summed E-state index contributed by atoms with van der Waals surface area (Å²) < 4.78 is 12.8. The molecular formula is C18H24INO3. The lowest BCUT2D eigenvalue weighted by molar-refractivity contribution is -0.903. The zero-order chi connectivity index (χ0) is 15.5. The van der Waals surface area contributed by atoms with Crippen LogP contribution in [0.1, 0.15) is 24.0 Å². The Morgan fingerprint density at radius 3 is 2.87 bits per heavy atom. The summed E-state index contributed by atoms with van der Waals surface area (Å²) in [7, 11) is 6.26. The first-order chi connectivity index (χ1) is 10.5. The van der Waals surface area contributed by atoms with E-state index in [1.165, 1.54) is 11.1 Å². The van der Waals surface area contributed by atoms with Crippen molar-refractivity contribution < 1.29 is 43.0 Å². The molecule has 2 aliphatic heterocycles. The van der Waals surface area contributed by atoms with Gasteiger partial charge in [-0.3, -0.25) is 0 Å². The van der Waals surface area contributed by atoms with Gasteiger partial charge in [-0.15, -0.1) is 0 Å². The zero-order valence-electron chi connectivity index (χ0n) is 13.9. The molecule has 0 bridgehead atoms. The van der Waals surface area contributed by atoms with Gasteiger partial charge in [-0.05, 0) is 12.1 Å². The highest BCUT2D eigenvalue weighted by Crippen LogP contribution is 2.56. The molecule has 4 rings (SSSR count). The third kappa shape index (κ3) is 2.48. The predicted octanol–water partition coefficient (Wildman–Crippen LogP) is -1.00. The minimum absolute atomic E-state index is 0. The van der Waals surface area contributed by atoms with E-state index in [-0.39, 0.29) is 35.5 Å². The molecule has 23 heavy (non-hydrogen) atoms. The van der Waals surface area contributed by atoms with E-state index in [1.54, 1.807) is 7.11 Å². The van der Waals surface area contributed by atoms with Gasteiger partial charge in [-0.2, -0.15) is 0 Å². The molecule has 4 nitrogen and oxygen atoms in total. The number of quaternary nitrogens is 1. The normalized spacial score (nSPS) is 32.9. The van der Waals surface area contributed by atoms with Crippen LogP contribution in [0.3, 0.4) is 0 Å². The number of methoxy groups -OCH3 is 1. The summed E-state index contributed by atoms with van der Waals surface area (Å²) in [6, 6.07) is 4.21. The number of aliphatic hydroxyl groups is 1. The highest BCUT2D eigenvalue weighted by atomic mass is 127. The molecule has 1 spiro atoms. The molecule has 0 aromatic heterocycles. The number of hydrogen-bond acceptors (Lipinski definition) is 3. The average Bonchev–Trinajstić information content (AvgIpc) is 2.74. The highest BCUT2D eigenvalue weighted by Gasteiger charge is 2.54. The predicted molar refractivity (Wildman–Crippen MR) is 84.1 cm³/mol. The molecule has 2 heterocycles. The van der Waals surface area contributed by atoms with Crippen molar-refractivity contribution in [1.82, 2.24) is 0 Å². The van der Waals surface area contributed by atoms with E-state index in [1.807, 2.05) is 12.1 Å². The summed E-state index contributed by atoms with van der Waals surface area (Å²) in [5.41, 5.74) is 2.54. The van der Waals surface area contributed by atoms with Gasteiger partial charge < -0.3 is 43.0 Å². The van der Waals surface area contributed by atoms with Gasteiger partial charge in [-0.25, -0.2) is 0 Å². The quantitative estimate of drug-likeness (QED) is 0.354. The van der Waals surface area contributed by atoms with Crippen LogP contribution in [0.25, 0.3) is 0 Å². The van der Waals surface area contributed by atoms with Crippen molar-refractivity contribution in [3.05, 3.63) is 35.4 Å². The molecule has 0 radical (unpaired) electrons. The lowest BCUT2D eigenvalue weighted by Gasteiger charge is -2.36. The number of halogens is 1. The second-order valence-corrected chi connectivity index (χ2v) is 7.51. The maximum absolute atomic E-state index is 10.0. The van der Waals surface area contributed by atoms with Gasteiger partial charge >= 0.3 is 0 Å². The Morgan fingerprint density at radius 1 is 1.35 bits per heavy atom. The van der Waals surface area contributed by atoms with Crippen LogP contribution >= 0.6 is 0 Å².